The molecule has 1 amide bonds. The summed E-state index contributed by atoms with van der Waals surface area (Å²) < 4.78 is 10.4. The van der Waals surface area contributed by atoms with E-state index in [0.29, 0.717) is 22.7 Å². The number of carboxylic acids is 1. The molecule has 0 aliphatic carbocycles. The average molecular weight is 378 g/mol. The van der Waals surface area contributed by atoms with Gasteiger partial charge in [0.15, 0.2) is 18.1 Å². The van der Waals surface area contributed by atoms with E-state index in [0.717, 1.165) is 0 Å². The van der Waals surface area contributed by atoms with Crippen LogP contribution in [-0.4, -0.2) is 36.9 Å². The highest BCUT2D eigenvalue weighted by Crippen LogP contribution is 2.27. The van der Waals surface area contributed by atoms with Gasteiger partial charge in [-0.25, -0.2) is 4.79 Å². The third-order valence-electron chi connectivity index (χ3n) is 3.16. The largest absolute Gasteiger partial charge is 0.493 e. The van der Waals surface area contributed by atoms with E-state index in [1.54, 1.807) is 24.3 Å². The Morgan fingerprint density at radius 1 is 1.27 bits per heavy atom. The van der Waals surface area contributed by atoms with Crippen molar-refractivity contribution in [1.82, 2.24) is 0 Å². The molecule has 2 aromatic rings. The van der Waals surface area contributed by atoms with Gasteiger partial charge >= 0.3 is 5.97 Å². The summed E-state index contributed by atoms with van der Waals surface area (Å²) in [5.41, 5.74) is 8.90. The van der Waals surface area contributed by atoms with Crippen molar-refractivity contribution in [3.63, 3.8) is 0 Å². The van der Waals surface area contributed by atoms with Gasteiger partial charge in [-0.1, -0.05) is 11.6 Å². The van der Waals surface area contributed by atoms with Crippen molar-refractivity contribution in [1.29, 1.82) is 0 Å². The molecule has 0 unspecified atom stereocenters. The summed E-state index contributed by atoms with van der Waals surface area (Å²) in [5.74, 6) is -0.931. The summed E-state index contributed by atoms with van der Waals surface area (Å²) >= 11 is 5.81. The van der Waals surface area contributed by atoms with Crippen molar-refractivity contribution in [2.75, 3.05) is 19.1 Å². The molecule has 0 saturated heterocycles. The molecule has 0 radical (unpaired) electrons. The van der Waals surface area contributed by atoms with Gasteiger partial charge in [0.1, 0.15) is 0 Å². The maximum absolute atomic E-state index is 11.1. The summed E-state index contributed by atoms with van der Waals surface area (Å²) in [6, 6.07) is 9.43. The SMILES string of the molecule is COc1cc(C=NNc2ccc(Cl)c(C(=O)O)c2)ccc1OCC(N)=O. The first-order chi connectivity index (χ1) is 12.4. The van der Waals surface area contributed by atoms with Gasteiger partial charge in [0.05, 0.1) is 29.6 Å². The number of halogens is 1. The molecule has 0 fully saturated rings. The number of ether oxygens (including phenoxy) is 2. The van der Waals surface area contributed by atoms with Crippen molar-refractivity contribution >= 4 is 35.4 Å². The van der Waals surface area contributed by atoms with Crippen LogP contribution in [0.15, 0.2) is 41.5 Å². The van der Waals surface area contributed by atoms with E-state index in [2.05, 4.69) is 10.5 Å². The number of nitrogens with zero attached hydrogens (tertiary/aromatic N) is 1. The summed E-state index contributed by atoms with van der Waals surface area (Å²) in [7, 11) is 1.47. The van der Waals surface area contributed by atoms with Crippen LogP contribution in [0.1, 0.15) is 15.9 Å². The van der Waals surface area contributed by atoms with Crippen LogP contribution in [0.5, 0.6) is 11.5 Å². The molecule has 2 aromatic carbocycles. The number of rotatable bonds is 8. The standard InChI is InChI=1S/C17H16ClN3O5/c1-25-15-6-10(2-5-14(15)26-9-16(19)22)8-20-21-11-3-4-13(18)12(7-11)17(23)24/h2-8,21H,9H2,1H3,(H2,19,22)(H,23,24). The molecule has 0 spiro atoms. The number of methoxy groups -OCH3 is 1. The first-order valence-electron chi connectivity index (χ1n) is 7.31. The number of aromatic carboxylic acids is 1. The monoisotopic (exact) mass is 377 g/mol. The van der Waals surface area contributed by atoms with E-state index in [-0.39, 0.29) is 17.2 Å². The predicted molar refractivity (Wildman–Crippen MR) is 97.3 cm³/mol. The normalized spacial score (nSPS) is 10.5. The highest BCUT2D eigenvalue weighted by molar-refractivity contribution is 6.33. The second kappa shape index (κ2) is 8.72. The van der Waals surface area contributed by atoms with Gasteiger partial charge in [-0.2, -0.15) is 5.10 Å². The van der Waals surface area contributed by atoms with Gasteiger partial charge in [-0.05, 0) is 42.0 Å². The number of carboxylic acid groups (broad SMARTS) is 1. The maximum Gasteiger partial charge on any atom is 0.337 e. The van der Waals surface area contributed by atoms with Crippen LogP contribution in [0.3, 0.4) is 0 Å². The zero-order valence-electron chi connectivity index (χ0n) is 13.7. The zero-order chi connectivity index (χ0) is 19.1. The summed E-state index contributed by atoms with van der Waals surface area (Å²) in [6.45, 7) is -0.256. The fourth-order valence-corrected chi connectivity index (χ4v) is 2.17. The molecule has 0 aromatic heterocycles. The summed E-state index contributed by atoms with van der Waals surface area (Å²) in [4.78, 5) is 21.8. The minimum atomic E-state index is -1.13. The minimum absolute atomic E-state index is 0.0236. The molecule has 8 nitrogen and oxygen atoms in total. The van der Waals surface area contributed by atoms with Crippen molar-refractivity contribution in [3.8, 4) is 11.5 Å². The second-order valence-electron chi connectivity index (χ2n) is 5.04. The van der Waals surface area contributed by atoms with Crippen LogP contribution in [0, 0.1) is 0 Å². The Hall–Kier alpha value is -3.26. The van der Waals surface area contributed by atoms with Gasteiger partial charge < -0.3 is 20.3 Å². The molecule has 0 aliphatic rings. The van der Waals surface area contributed by atoms with Gasteiger partial charge in [-0.15, -0.1) is 0 Å². The van der Waals surface area contributed by atoms with Crippen molar-refractivity contribution < 1.29 is 24.2 Å². The van der Waals surface area contributed by atoms with Gasteiger partial charge in [0.25, 0.3) is 5.91 Å². The first-order valence-corrected chi connectivity index (χ1v) is 7.69. The lowest BCUT2D eigenvalue weighted by Gasteiger charge is -2.09. The Kier molecular flexibility index (Phi) is 6.40. The zero-order valence-corrected chi connectivity index (χ0v) is 14.5. The van der Waals surface area contributed by atoms with Crippen molar-refractivity contribution in [3.05, 3.63) is 52.5 Å². The maximum atomic E-state index is 11.1. The fourth-order valence-electron chi connectivity index (χ4n) is 1.97. The lowest BCUT2D eigenvalue weighted by atomic mass is 10.2. The number of carbonyl (C=O) groups excluding carboxylic acids is 1. The van der Waals surface area contributed by atoms with Crippen LogP contribution in [-0.2, 0) is 4.79 Å². The quantitative estimate of drug-likeness (QED) is 0.479. The Morgan fingerprint density at radius 2 is 2.04 bits per heavy atom. The highest BCUT2D eigenvalue weighted by atomic mass is 35.5. The Morgan fingerprint density at radius 3 is 2.69 bits per heavy atom. The van der Waals surface area contributed by atoms with E-state index >= 15 is 0 Å². The number of anilines is 1. The fraction of sp³-hybridized carbons (Fsp3) is 0.118. The van der Waals surface area contributed by atoms with E-state index in [1.165, 1.54) is 25.5 Å². The molecule has 0 saturated carbocycles. The molecule has 26 heavy (non-hydrogen) atoms. The van der Waals surface area contributed by atoms with Crippen LogP contribution >= 0.6 is 11.6 Å². The van der Waals surface area contributed by atoms with Gasteiger partial charge in [0, 0.05) is 0 Å². The number of hydrazone groups is 1. The number of hydrogen-bond donors (Lipinski definition) is 3. The van der Waals surface area contributed by atoms with E-state index in [4.69, 9.17) is 31.9 Å². The number of benzene rings is 2. The predicted octanol–water partition coefficient (Wildman–Crippen LogP) is 2.36. The molecule has 4 N–H and O–H groups in total. The number of nitrogens with one attached hydrogen (secondary N) is 1. The van der Waals surface area contributed by atoms with E-state index in [1.807, 2.05) is 0 Å². The third kappa shape index (κ3) is 5.12. The van der Waals surface area contributed by atoms with E-state index < -0.39 is 11.9 Å². The Labute approximate surface area is 154 Å². The summed E-state index contributed by atoms with van der Waals surface area (Å²) in [6.07, 6.45) is 1.51. The Bertz CT molecular complexity index is 854. The Balaban J connectivity index is 2.09. The van der Waals surface area contributed by atoms with Crippen LogP contribution in [0.4, 0.5) is 5.69 Å². The van der Waals surface area contributed by atoms with Crippen molar-refractivity contribution in [2.45, 2.75) is 0 Å². The number of carbonyl (C=O) groups is 2. The van der Waals surface area contributed by atoms with Crippen LogP contribution in [0.2, 0.25) is 5.02 Å². The molecule has 0 atom stereocenters. The number of hydrogen-bond acceptors (Lipinski definition) is 6. The highest BCUT2D eigenvalue weighted by Gasteiger charge is 2.09. The first kappa shape index (κ1) is 19.1. The lowest BCUT2D eigenvalue weighted by Crippen LogP contribution is -2.20. The molecule has 2 rings (SSSR count). The third-order valence-corrected chi connectivity index (χ3v) is 3.49. The number of amides is 1. The van der Waals surface area contributed by atoms with E-state index in [9.17, 15) is 9.59 Å². The lowest BCUT2D eigenvalue weighted by molar-refractivity contribution is -0.119. The molecule has 0 aliphatic heterocycles. The average Bonchev–Trinajstić information content (AvgIpc) is 2.61. The molecule has 136 valence electrons. The smallest absolute Gasteiger partial charge is 0.337 e. The van der Waals surface area contributed by atoms with Crippen LogP contribution < -0.4 is 20.6 Å². The summed E-state index contributed by atoms with van der Waals surface area (Å²) in [5, 5.41) is 13.2. The molecule has 9 heteroatoms. The molecule has 0 heterocycles. The van der Waals surface area contributed by atoms with Gasteiger partial charge in [-0.3, -0.25) is 10.2 Å². The van der Waals surface area contributed by atoms with Gasteiger partial charge in [0.2, 0.25) is 0 Å². The van der Waals surface area contributed by atoms with Crippen LogP contribution in [0.25, 0.3) is 0 Å². The van der Waals surface area contributed by atoms with Crippen molar-refractivity contribution in [2.24, 2.45) is 10.8 Å². The molecular formula is C17H16ClN3O5. The topological polar surface area (TPSA) is 123 Å². The second-order valence-corrected chi connectivity index (χ2v) is 5.44. The number of nitrogens with two attached hydrogens (primary N) is 1. The number of primary amides is 1. The minimum Gasteiger partial charge on any atom is -0.493 e. The molecule has 0 bridgehead atoms. The molecular weight excluding hydrogens is 362 g/mol.